The number of aliphatic hydroxyl groups excluding tert-OH is 1. The Morgan fingerprint density at radius 1 is 1.24 bits per heavy atom. The normalized spacial score (nSPS) is 11.1. The molecule has 86 valence electrons. The van der Waals surface area contributed by atoms with Crippen LogP contribution in [0.25, 0.3) is 4.96 Å². The smallest absolute Gasteiger partial charge is 0.194 e. The van der Waals surface area contributed by atoms with E-state index in [2.05, 4.69) is 23.3 Å². The van der Waals surface area contributed by atoms with Gasteiger partial charge >= 0.3 is 0 Å². The van der Waals surface area contributed by atoms with Gasteiger partial charge in [0, 0.05) is 17.5 Å². The van der Waals surface area contributed by atoms with Crippen molar-refractivity contribution in [2.24, 2.45) is 0 Å². The SMILES string of the molecule is OCc1cnc2sc(Cc3ccccc3)cn12. The van der Waals surface area contributed by atoms with Crippen molar-refractivity contribution in [1.29, 1.82) is 0 Å². The highest BCUT2D eigenvalue weighted by molar-refractivity contribution is 7.17. The lowest BCUT2D eigenvalue weighted by atomic mass is 10.1. The van der Waals surface area contributed by atoms with Crippen molar-refractivity contribution in [3.63, 3.8) is 0 Å². The van der Waals surface area contributed by atoms with E-state index < -0.39 is 0 Å². The molecule has 4 heteroatoms. The number of aromatic nitrogens is 2. The lowest BCUT2D eigenvalue weighted by molar-refractivity contribution is 0.276. The summed E-state index contributed by atoms with van der Waals surface area (Å²) in [5, 5.41) is 9.17. The molecular weight excluding hydrogens is 232 g/mol. The zero-order chi connectivity index (χ0) is 11.7. The molecule has 0 aliphatic rings. The lowest BCUT2D eigenvalue weighted by Gasteiger charge is -1.96. The van der Waals surface area contributed by atoms with Crippen LogP contribution in [0.15, 0.2) is 42.7 Å². The summed E-state index contributed by atoms with van der Waals surface area (Å²) < 4.78 is 1.96. The third kappa shape index (κ3) is 1.97. The summed E-state index contributed by atoms with van der Waals surface area (Å²) >= 11 is 1.67. The Kier molecular flexibility index (Phi) is 2.66. The van der Waals surface area contributed by atoms with Gasteiger partial charge in [-0.15, -0.1) is 11.3 Å². The Bertz CT molecular complexity index is 627. The van der Waals surface area contributed by atoms with Gasteiger partial charge in [0.25, 0.3) is 0 Å². The standard InChI is InChI=1S/C13H12N2OS/c16-9-11-7-14-13-15(11)8-12(17-13)6-10-4-2-1-3-5-10/h1-5,7-8,16H,6,9H2. The molecule has 2 aromatic heterocycles. The number of thiazole rings is 1. The second kappa shape index (κ2) is 4.31. The van der Waals surface area contributed by atoms with Crippen molar-refractivity contribution in [3.8, 4) is 0 Å². The van der Waals surface area contributed by atoms with E-state index in [1.807, 2.05) is 22.6 Å². The first-order valence-corrected chi connectivity index (χ1v) is 6.28. The van der Waals surface area contributed by atoms with Gasteiger partial charge < -0.3 is 5.11 Å². The summed E-state index contributed by atoms with van der Waals surface area (Å²) in [6.07, 6.45) is 4.70. The zero-order valence-electron chi connectivity index (χ0n) is 9.21. The molecule has 0 amide bonds. The highest BCUT2D eigenvalue weighted by atomic mass is 32.1. The molecule has 0 aliphatic carbocycles. The van der Waals surface area contributed by atoms with Gasteiger partial charge in [0.15, 0.2) is 4.96 Å². The van der Waals surface area contributed by atoms with Gasteiger partial charge in [-0.3, -0.25) is 4.40 Å². The second-order valence-electron chi connectivity index (χ2n) is 3.92. The molecule has 0 unspecified atom stereocenters. The molecule has 0 atom stereocenters. The first-order valence-electron chi connectivity index (χ1n) is 5.46. The minimum atomic E-state index is 0.0304. The van der Waals surface area contributed by atoms with Crippen LogP contribution in [-0.2, 0) is 13.0 Å². The first kappa shape index (κ1) is 10.5. The maximum atomic E-state index is 9.17. The van der Waals surface area contributed by atoms with E-state index in [4.69, 9.17) is 5.11 Å². The highest BCUT2D eigenvalue weighted by Crippen LogP contribution is 2.21. The summed E-state index contributed by atoms with van der Waals surface area (Å²) in [5.74, 6) is 0. The minimum absolute atomic E-state index is 0.0304. The molecule has 2 heterocycles. The third-order valence-electron chi connectivity index (χ3n) is 2.72. The molecule has 17 heavy (non-hydrogen) atoms. The van der Waals surface area contributed by atoms with Crippen LogP contribution in [0.2, 0.25) is 0 Å². The Morgan fingerprint density at radius 2 is 2.06 bits per heavy atom. The third-order valence-corrected chi connectivity index (χ3v) is 3.71. The molecule has 0 saturated heterocycles. The van der Waals surface area contributed by atoms with Crippen LogP contribution >= 0.6 is 11.3 Å². The van der Waals surface area contributed by atoms with Gasteiger partial charge in [0.1, 0.15) is 0 Å². The van der Waals surface area contributed by atoms with Gasteiger partial charge in [-0.25, -0.2) is 4.98 Å². The van der Waals surface area contributed by atoms with Gasteiger partial charge in [0.05, 0.1) is 18.5 Å². The predicted octanol–water partition coefficient (Wildman–Crippen LogP) is 2.48. The fourth-order valence-electron chi connectivity index (χ4n) is 1.87. The molecule has 1 aromatic carbocycles. The number of nitrogens with zero attached hydrogens (tertiary/aromatic N) is 2. The fourth-order valence-corrected chi connectivity index (χ4v) is 2.88. The minimum Gasteiger partial charge on any atom is -0.390 e. The number of hydrogen-bond acceptors (Lipinski definition) is 3. The monoisotopic (exact) mass is 244 g/mol. The van der Waals surface area contributed by atoms with Crippen molar-refractivity contribution in [2.45, 2.75) is 13.0 Å². The summed E-state index contributed by atoms with van der Waals surface area (Å²) in [5.41, 5.74) is 2.14. The Morgan fingerprint density at radius 3 is 2.82 bits per heavy atom. The van der Waals surface area contributed by atoms with Gasteiger partial charge in [-0.2, -0.15) is 0 Å². The molecular formula is C13H12N2OS. The number of fused-ring (bicyclic) bond motifs is 1. The van der Waals surface area contributed by atoms with E-state index in [0.29, 0.717) is 0 Å². The van der Waals surface area contributed by atoms with Crippen molar-refractivity contribution < 1.29 is 5.11 Å². The molecule has 1 N–H and O–H groups in total. The predicted molar refractivity (Wildman–Crippen MR) is 68.2 cm³/mol. The van der Waals surface area contributed by atoms with Gasteiger partial charge in [0.2, 0.25) is 0 Å². The highest BCUT2D eigenvalue weighted by Gasteiger charge is 2.07. The summed E-state index contributed by atoms with van der Waals surface area (Å²) in [6.45, 7) is 0.0304. The van der Waals surface area contributed by atoms with Gasteiger partial charge in [-0.05, 0) is 5.56 Å². The lowest BCUT2D eigenvalue weighted by Crippen LogP contribution is -1.89. The molecule has 0 spiro atoms. The number of aliphatic hydroxyl groups is 1. The van der Waals surface area contributed by atoms with E-state index >= 15 is 0 Å². The molecule has 0 saturated carbocycles. The molecule has 3 rings (SSSR count). The van der Waals surface area contributed by atoms with Crippen LogP contribution in [0, 0.1) is 0 Å². The molecule has 0 fully saturated rings. The van der Waals surface area contributed by atoms with Crippen LogP contribution < -0.4 is 0 Å². The quantitative estimate of drug-likeness (QED) is 0.768. The zero-order valence-corrected chi connectivity index (χ0v) is 10.0. The Labute approximate surface area is 103 Å². The number of benzene rings is 1. The Hall–Kier alpha value is -1.65. The Balaban J connectivity index is 1.94. The molecule has 3 nitrogen and oxygen atoms in total. The number of imidazole rings is 1. The largest absolute Gasteiger partial charge is 0.390 e. The van der Waals surface area contributed by atoms with E-state index in [1.54, 1.807) is 17.5 Å². The van der Waals surface area contributed by atoms with Crippen molar-refractivity contribution in [3.05, 3.63) is 58.9 Å². The van der Waals surface area contributed by atoms with Crippen molar-refractivity contribution >= 4 is 16.3 Å². The number of hydrogen-bond donors (Lipinski definition) is 1. The van der Waals surface area contributed by atoms with E-state index in [0.717, 1.165) is 17.1 Å². The van der Waals surface area contributed by atoms with Crippen LogP contribution in [0.3, 0.4) is 0 Å². The molecule has 3 aromatic rings. The molecule has 0 radical (unpaired) electrons. The van der Waals surface area contributed by atoms with Crippen LogP contribution in [0.5, 0.6) is 0 Å². The van der Waals surface area contributed by atoms with Gasteiger partial charge in [-0.1, -0.05) is 30.3 Å². The van der Waals surface area contributed by atoms with Crippen LogP contribution in [-0.4, -0.2) is 14.5 Å². The maximum absolute atomic E-state index is 9.17. The van der Waals surface area contributed by atoms with Crippen molar-refractivity contribution in [2.75, 3.05) is 0 Å². The van der Waals surface area contributed by atoms with E-state index in [9.17, 15) is 0 Å². The van der Waals surface area contributed by atoms with E-state index in [1.165, 1.54) is 10.4 Å². The van der Waals surface area contributed by atoms with Crippen LogP contribution in [0.4, 0.5) is 0 Å². The average molecular weight is 244 g/mol. The summed E-state index contributed by atoms with van der Waals surface area (Å²) in [7, 11) is 0. The van der Waals surface area contributed by atoms with Crippen LogP contribution in [0.1, 0.15) is 16.1 Å². The summed E-state index contributed by atoms with van der Waals surface area (Å²) in [4.78, 5) is 6.48. The molecule has 0 bridgehead atoms. The first-order chi connectivity index (χ1) is 8.36. The molecule has 0 aliphatic heterocycles. The second-order valence-corrected chi connectivity index (χ2v) is 5.01. The topological polar surface area (TPSA) is 37.5 Å². The average Bonchev–Trinajstić information content (AvgIpc) is 2.89. The number of rotatable bonds is 3. The fraction of sp³-hybridized carbons (Fsp3) is 0.154. The summed E-state index contributed by atoms with van der Waals surface area (Å²) in [6, 6.07) is 10.4. The van der Waals surface area contributed by atoms with Crippen molar-refractivity contribution in [1.82, 2.24) is 9.38 Å². The maximum Gasteiger partial charge on any atom is 0.194 e. The van der Waals surface area contributed by atoms with E-state index in [-0.39, 0.29) is 6.61 Å².